The highest BCUT2D eigenvalue weighted by atomic mass is 19.1. The Labute approximate surface area is 116 Å². The number of methoxy groups -OCH3 is 1. The first kappa shape index (κ1) is 15.9. The van der Waals surface area contributed by atoms with Gasteiger partial charge < -0.3 is 15.2 Å². The van der Waals surface area contributed by atoms with Gasteiger partial charge in [-0.15, -0.1) is 0 Å². The lowest BCUT2D eigenvalue weighted by Crippen LogP contribution is -2.05. The number of halogens is 1. The van der Waals surface area contributed by atoms with Crippen LogP contribution in [0.1, 0.15) is 36.0 Å². The molecule has 0 atom stereocenters. The largest absolute Gasteiger partial charge is 0.478 e. The van der Waals surface area contributed by atoms with Crippen LogP contribution in [0.15, 0.2) is 18.2 Å². The monoisotopic (exact) mass is 283 g/mol. The third-order valence-electron chi connectivity index (χ3n) is 2.76. The molecule has 0 amide bonds. The number of carbonyl (C=O) groups excluding carboxylic acids is 1. The molecule has 5 nitrogen and oxygen atoms in total. The summed E-state index contributed by atoms with van der Waals surface area (Å²) in [5, 5.41) is 11.8. The number of ether oxygens (including phenoxy) is 1. The normalized spacial score (nSPS) is 10.1. The van der Waals surface area contributed by atoms with Crippen LogP contribution in [0.5, 0.6) is 0 Å². The number of benzene rings is 1. The van der Waals surface area contributed by atoms with Crippen molar-refractivity contribution in [2.75, 3.05) is 19.0 Å². The Morgan fingerprint density at radius 3 is 2.65 bits per heavy atom. The molecule has 0 spiro atoms. The van der Waals surface area contributed by atoms with E-state index in [1.165, 1.54) is 19.2 Å². The number of esters is 1. The van der Waals surface area contributed by atoms with Gasteiger partial charge in [0.2, 0.25) is 0 Å². The predicted octanol–water partition coefficient (Wildman–Crippen LogP) is 2.67. The zero-order chi connectivity index (χ0) is 15.0. The number of carbonyl (C=O) groups is 2. The molecular weight excluding hydrogens is 265 g/mol. The van der Waals surface area contributed by atoms with Gasteiger partial charge in [0, 0.05) is 18.7 Å². The summed E-state index contributed by atoms with van der Waals surface area (Å²) in [7, 11) is 1.36. The van der Waals surface area contributed by atoms with Gasteiger partial charge in [0.25, 0.3) is 0 Å². The van der Waals surface area contributed by atoms with Crippen molar-refractivity contribution in [3.05, 3.63) is 29.6 Å². The number of carboxylic acids is 1. The van der Waals surface area contributed by atoms with Crippen LogP contribution in [0, 0.1) is 5.82 Å². The highest BCUT2D eigenvalue weighted by Crippen LogP contribution is 2.14. The van der Waals surface area contributed by atoms with Gasteiger partial charge in [-0.05, 0) is 31.0 Å². The fourth-order valence-corrected chi connectivity index (χ4v) is 1.72. The van der Waals surface area contributed by atoms with Crippen LogP contribution in [0.2, 0.25) is 0 Å². The molecule has 0 aliphatic rings. The minimum atomic E-state index is -1.16. The summed E-state index contributed by atoms with van der Waals surface area (Å²) in [4.78, 5) is 21.6. The number of carboxylic acid groups (broad SMARTS) is 1. The lowest BCUT2D eigenvalue weighted by molar-refractivity contribution is -0.140. The molecule has 0 fully saturated rings. The van der Waals surface area contributed by atoms with Crippen molar-refractivity contribution in [2.45, 2.75) is 25.7 Å². The van der Waals surface area contributed by atoms with Crippen LogP contribution < -0.4 is 5.32 Å². The first-order valence-corrected chi connectivity index (χ1v) is 6.37. The first-order chi connectivity index (χ1) is 9.52. The Bertz CT molecular complexity index is 476. The molecule has 0 saturated heterocycles. The maximum Gasteiger partial charge on any atom is 0.335 e. The zero-order valence-electron chi connectivity index (χ0n) is 11.3. The highest BCUT2D eigenvalue weighted by molar-refractivity contribution is 5.88. The van der Waals surface area contributed by atoms with E-state index in [2.05, 4.69) is 10.1 Å². The fraction of sp³-hybridized carbons (Fsp3) is 0.429. The van der Waals surface area contributed by atoms with E-state index in [4.69, 9.17) is 5.11 Å². The van der Waals surface area contributed by atoms with Gasteiger partial charge in [0.15, 0.2) is 0 Å². The van der Waals surface area contributed by atoms with Crippen molar-refractivity contribution in [1.29, 1.82) is 0 Å². The third kappa shape index (κ3) is 5.69. The van der Waals surface area contributed by atoms with Gasteiger partial charge >= 0.3 is 11.9 Å². The van der Waals surface area contributed by atoms with Gasteiger partial charge in [-0.1, -0.05) is 6.42 Å². The van der Waals surface area contributed by atoms with E-state index < -0.39 is 11.8 Å². The molecule has 1 rings (SSSR count). The highest BCUT2D eigenvalue weighted by Gasteiger charge is 2.06. The van der Waals surface area contributed by atoms with Crippen LogP contribution >= 0.6 is 0 Å². The molecule has 0 aliphatic carbocycles. The summed E-state index contributed by atoms with van der Waals surface area (Å²) in [6.45, 7) is 0.587. The number of unbranched alkanes of at least 4 members (excludes halogenated alkanes) is 2. The lowest BCUT2D eigenvalue weighted by atomic mass is 10.1. The summed E-state index contributed by atoms with van der Waals surface area (Å²) < 4.78 is 17.7. The third-order valence-corrected chi connectivity index (χ3v) is 2.76. The molecule has 0 radical (unpaired) electrons. The Morgan fingerprint density at radius 2 is 2.00 bits per heavy atom. The predicted molar refractivity (Wildman–Crippen MR) is 72.3 cm³/mol. The molecule has 0 aromatic heterocycles. The molecule has 1 aromatic rings. The molecule has 110 valence electrons. The summed E-state index contributed by atoms with van der Waals surface area (Å²) >= 11 is 0. The van der Waals surface area contributed by atoms with Crippen molar-refractivity contribution in [3.8, 4) is 0 Å². The standard InChI is InChI=1S/C14H18FNO4/c1-20-13(17)5-3-2-4-6-16-12-8-10(14(18)19)7-11(15)9-12/h7-9,16H,2-6H2,1H3,(H,18,19). The molecular formula is C14H18FNO4. The van der Waals surface area contributed by atoms with Crippen LogP contribution in [0.3, 0.4) is 0 Å². The molecule has 6 heteroatoms. The van der Waals surface area contributed by atoms with Gasteiger partial charge in [-0.25, -0.2) is 9.18 Å². The zero-order valence-corrected chi connectivity index (χ0v) is 11.3. The van der Waals surface area contributed by atoms with E-state index in [0.717, 1.165) is 25.3 Å². The topological polar surface area (TPSA) is 75.6 Å². The van der Waals surface area contributed by atoms with Crippen LogP contribution in [-0.4, -0.2) is 30.7 Å². The van der Waals surface area contributed by atoms with Gasteiger partial charge in [-0.2, -0.15) is 0 Å². The fourth-order valence-electron chi connectivity index (χ4n) is 1.72. The van der Waals surface area contributed by atoms with Crippen molar-refractivity contribution < 1.29 is 23.8 Å². The number of anilines is 1. The minimum Gasteiger partial charge on any atom is -0.478 e. The van der Waals surface area contributed by atoms with Crippen molar-refractivity contribution >= 4 is 17.6 Å². The molecule has 0 heterocycles. The molecule has 2 N–H and O–H groups in total. The van der Waals surface area contributed by atoms with Crippen LogP contribution in [0.25, 0.3) is 0 Å². The summed E-state index contributed by atoms with van der Waals surface area (Å²) in [5.41, 5.74) is 0.355. The van der Waals surface area contributed by atoms with E-state index in [1.54, 1.807) is 0 Å². The number of rotatable bonds is 8. The minimum absolute atomic E-state index is 0.0850. The summed E-state index contributed by atoms with van der Waals surface area (Å²) in [6.07, 6.45) is 2.76. The second-order valence-corrected chi connectivity index (χ2v) is 4.35. The van der Waals surface area contributed by atoms with E-state index in [9.17, 15) is 14.0 Å². The van der Waals surface area contributed by atoms with Gasteiger partial charge in [0.05, 0.1) is 12.7 Å². The lowest BCUT2D eigenvalue weighted by Gasteiger charge is -2.07. The van der Waals surface area contributed by atoms with Crippen molar-refractivity contribution in [2.24, 2.45) is 0 Å². The van der Waals surface area contributed by atoms with Crippen LogP contribution in [0.4, 0.5) is 10.1 Å². The number of aromatic carboxylic acids is 1. The van der Waals surface area contributed by atoms with E-state index >= 15 is 0 Å². The molecule has 20 heavy (non-hydrogen) atoms. The average Bonchev–Trinajstić information content (AvgIpc) is 2.41. The Balaban J connectivity index is 2.32. The van der Waals surface area contributed by atoms with Crippen LogP contribution in [-0.2, 0) is 9.53 Å². The van der Waals surface area contributed by atoms with Crippen molar-refractivity contribution in [3.63, 3.8) is 0 Å². The van der Waals surface area contributed by atoms with E-state index in [0.29, 0.717) is 18.7 Å². The maximum atomic E-state index is 13.2. The smallest absolute Gasteiger partial charge is 0.335 e. The quantitative estimate of drug-likeness (QED) is 0.566. The summed E-state index contributed by atoms with van der Waals surface area (Å²) in [5.74, 6) is -1.97. The Kier molecular flexibility index (Phi) is 6.49. The van der Waals surface area contributed by atoms with Gasteiger partial charge in [-0.3, -0.25) is 4.79 Å². The Hall–Kier alpha value is -2.11. The molecule has 0 unspecified atom stereocenters. The van der Waals surface area contributed by atoms with Crippen molar-refractivity contribution in [1.82, 2.24) is 0 Å². The number of hydrogen-bond donors (Lipinski definition) is 2. The van der Waals surface area contributed by atoms with E-state index in [-0.39, 0.29) is 11.5 Å². The SMILES string of the molecule is COC(=O)CCCCCNc1cc(F)cc(C(=O)O)c1. The summed E-state index contributed by atoms with van der Waals surface area (Å²) in [6, 6.07) is 3.62. The molecule has 1 aromatic carbocycles. The van der Waals surface area contributed by atoms with E-state index in [1.807, 2.05) is 0 Å². The molecule has 0 bridgehead atoms. The number of nitrogens with one attached hydrogen (secondary N) is 1. The second kappa shape index (κ2) is 8.14. The average molecular weight is 283 g/mol. The molecule has 0 aliphatic heterocycles. The first-order valence-electron chi connectivity index (χ1n) is 6.37. The molecule has 0 saturated carbocycles. The van der Waals surface area contributed by atoms with Gasteiger partial charge in [0.1, 0.15) is 5.82 Å². The number of hydrogen-bond acceptors (Lipinski definition) is 4. The Morgan fingerprint density at radius 1 is 1.25 bits per heavy atom. The second-order valence-electron chi connectivity index (χ2n) is 4.35. The maximum absolute atomic E-state index is 13.2.